The van der Waals surface area contributed by atoms with Crippen LogP contribution in [0.5, 0.6) is 11.5 Å². The Morgan fingerprint density at radius 1 is 0.875 bits per heavy atom. The Morgan fingerprint density at radius 3 is 2.20 bits per heavy atom. The van der Waals surface area contributed by atoms with Gasteiger partial charge in [-0.15, -0.1) is 0 Å². The molecule has 10 heteroatoms. The standard InChI is InChI=1S/C28H23N3O2.C2HF3O2/c32-28(30-23-12-14-24(15-13-23)33-25-9-6-16-29-18-25)17-22-20-31(19-21-7-2-1-3-8-21)27-11-5-4-10-26(22)27;3-2(4,5)1(6)7/h1-16,18,20H,17,19H2,(H,30,32);(H,6,7). The second-order valence-electron chi connectivity index (χ2n) is 8.63. The van der Waals surface area contributed by atoms with Crippen LogP contribution in [0.3, 0.4) is 0 Å². The third-order valence-corrected chi connectivity index (χ3v) is 5.67. The summed E-state index contributed by atoms with van der Waals surface area (Å²) >= 11 is 0. The van der Waals surface area contributed by atoms with Gasteiger partial charge >= 0.3 is 12.1 Å². The number of alkyl halides is 3. The number of aromatic nitrogens is 2. The van der Waals surface area contributed by atoms with Crippen LogP contribution >= 0.6 is 0 Å². The van der Waals surface area contributed by atoms with Crippen molar-refractivity contribution >= 4 is 28.5 Å². The molecule has 0 radical (unpaired) electrons. The third kappa shape index (κ3) is 7.70. The lowest BCUT2D eigenvalue weighted by Crippen LogP contribution is -2.21. The summed E-state index contributed by atoms with van der Waals surface area (Å²) in [4.78, 5) is 25.7. The van der Waals surface area contributed by atoms with Gasteiger partial charge in [-0.2, -0.15) is 13.2 Å². The van der Waals surface area contributed by atoms with E-state index in [0.717, 1.165) is 28.7 Å². The highest BCUT2D eigenvalue weighted by atomic mass is 19.4. The summed E-state index contributed by atoms with van der Waals surface area (Å²) in [5.74, 6) is -1.46. The minimum absolute atomic E-state index is 0.0569. The Bertz CT molecular complexity index is 1570. The summed E-state index contributed by atoms with van der Waals surface area (Å²) < 4.78 is 39.7. The van der Waals surface area contributed by atoms with E-state index in [-0.39, 0.29) is 5.91 Å². The highest BCUT2D eigenvalue weighted by molar-refractivity contribution is 5.96. The van der Waals surface area contributed by atoms with Crippen molar-refractivity contribution < 1.29 is 32.6 Å². The summed E-state index contributed by atoms with van der Waals surface area (Å²) in [7, 11) is 0. The van der Waals surface area contributed by atoms with Crippen LogP contribution < -0.4 is 10.1 Å². The number of ether oxygens (including phenoxy) is 1. The maximum Gasteiger partial charge on any atom is 0.490 e. The average molecular weight is 548 g/mol. The summed E-state index contributed by atoms with van der Waals surface area (Å²) in [6.45, 7) is 0.765. The molecule has 5 aromatic rings. The molecule has 0 saturated carbocycles. The third-order valence-electron chi connectivity index (χ3n) is 5.67. The van der Waals surface area contributed by atoms with Gasteiger partial charge in [-0.25, -0.2) is 4.79 Å². The van der Waals surface area contributed by atoms with Gasteiger partial charge in [0.2, 0.25) is 5.91 Å². The summed E-state index contributed by atoms with van der Waals surface area (Å²) in [6.07, 6.45) is 0.660. The summed E-state index contributed by atoms with van der Waals surface area (Å²) in [6, 6.07) is 29.5. The number of carboxylic acid groups (broad SMARTS) is 1. The number of nitrogens with zero attached hydrogens (tertiary/aromatic N) is 2. The van der Waals surface area contributed by atoms with Crippen molar-refractivity contribution in [3.63, 3.8) is 0 Å². The van der Waals surface area contributed by atoms with Crippen LogP contribution in [0.2, 0.25) is 0 Å². The van der Waals surface area contributed by atoms with Crippen molar-refractivity contribution in [2.75, 3.05) is 5.32 Å². The second kappa shape index (κ2) is 12.6. The highest BCUT2D eigenvalue weighted by Gasteiger charge is 2.38. The van der Waals surface area contributed by atoms with Crippen LogP contribution in [0, 0.1) is 0 Å². The number of aliphatic carboxylic acids is 1. The Labute approximate surface area is 227 Å². The maximum absolute atomic E-state index is 12.8. The molecule has 2 heterocycles. The van der Waals surface area contributed by atoms with Crippen LogP contribution in [0.1, 0.15) is 11.1 Å². The molecule has 7 nitrogen and oxygen atoms in total. The largest absolute Gasteiger partial charge is 0.490 e. The molecule has 0 aliphatic heterocycles. The quantitative estimate of drug-likeness (QED) is 0.237. The first-order valence-corrected chi connectivity index (χ1v) is 12.1. The Kier molecular flexibility index (Phi) is 8.80. The number of carbonyl (C=O) groups excluding carboxylic acids is 1. The van der Waals surface area contributed by atoms with E-state index in [0.29, 0.717) is 17.9 Å². The van der Waals surface area contributed by atoms with Gasteiger partial charge in [0.05, 0.1) is 12.6 Å². The Balaban J connectivity index is 0.000000470. The fourth-order valence-corrected chi connectivity index (χ4v) is 3.90. The molecule has 3 aromatic carbocycles. The Morgan fingerprint density at radius 2 is 1.55 bits per heavy atom. The zero-order valence-corrected chi connectivity index (χ0v) is 21.0. The smallest absolute Gasteiger partial charge is 0.475 e. The molecule has 0 aliphatic carbocycles. The van der Waals surface area contributed by atoms with Gasteiger partial charge in [0, 0.05) is 35.5 Å². The molecule has 0 unspecified atom stereocenters. The van der Waals surface area contributed by atoms with Crippen LogP contribution in [0.15, 0.2) is 110 Å². The number of nitrogens with one attached hydrogen (secondary N) is 1. The number of carboxylic acids is 1. The predicted molar refractivity (Wildman–Crippen MR) is 144 cm³/mol. The van der Waals surface area contributed by atoms with E-state index in [1.54, 1.807) is 12.4 Å². The monoisotopic (exact) mass is 547 g/mol. The fraction of sp³-hybridized carbons (Fsp3) is 0.100. The lowest BCUT2D eigenvalue weighted by molar-refractivity contribution is -0.192. The number of amides is 1. The van der Waals surface area contributed by atoms with E-state index >= 15 is 0 Å². The number of carbonyl (C=O) groups is 2. The SMILES string of the molecule is O=C(Cc1cn(Cc2ccccc2)c2ccccc12)Nc1ccc(Oc2cccnc2)cc1.O=C(O)C(F)(F)F. The van der Waals surface area contributed by atoms with E-state index in [9.17, 15) is 18.0 Å². The van der Waals surface area contributed by atoms with Gasteiger partial charge in [0.1, 0.15) is 11.5 Å². The molecule has 2 aromatic heterocycles. The number of halogens is 3. The first kappa shape index (κ1) is 27.9. The molecule has 0 atom stereocenters. The van der Waals surface area contributed by atoms with Gasteiger partial charge in [-0.05, 0) is 53.6 Å². The van der Waals surface area contributed by atoms with Crippen LogP contribution in [-0.4, -0.2) is 32.7 Å². The van der Waals surface area contributed by atoms with Gasteiger partial charge in [-0.3, -0.25) is 9.78 Å². The number of benzene rings is 3. The van der Waals surface area contributed by atoms with Crippen molar-refractivity contribution in [3.8, 4) is 11.5 Å². The molecular formula is C30H24F3N3O4. The number of hydrogen-bond acceptors (Lipinski definition) is 4. The lowest BCUT2D eigenvalue weighted by atomic mass is 10.1. The number of pyridine rings is 1. The van der Waals surface area contributed by atoms with Crippen LogP contribution in [0.4, 0.5) is 18.9 Å². The molecular weight excluding hydrogens is 523 g/mol. The van der Waals surface area contributed by atoms with Crippen LogP contribution in [0.25, 0.3) is 10.9 Å². The first-order valence-electron chi connectivity index (χ1n) is 12.1. The highest BCUT2D eigenvalue weighted by Crippen LogP contribution is 2.25. The molecule has 204 valence electrons. The fourth-order valence-electron chi connectivity index (χ4n) is 3.90. The normalized spacial score (nSPS) is 10.9. The molecule has 0 bridgehead atoms. The van der Waals surface area contributed by atoms with E-state index in [1.165, 1.54) is 5.56 Å². The van der Waals surface area contributed by atoms with Crippen molar-refractivity contribution in [1.29, 1.82) is 0 Å². The Hall–Kier alpha value is -5.12. The number of anilines is 1. The van der Waals surface area contributed by atoms with E-state index in [1.807, 2.05) is 66.7 Å². The second-order valence-corrected chi connectivity index (χ2v) is 8.63. The number of fused-ring (bicyclic) bond motifs is 1. The topological polar surface area (TPSA) is 93.5 Å². The van der Waals surface area contributed by atoms with E-state index < -0.39 is 12.1 Å². The molecule has 0 aliphatic rings. The zero-order chi connectivity index (χ0) is 28.5. The van der Waals surface area contributed by atoms with Crippen molar-refractivity contribution in [3.05, 3.63) is 121 Å². The minimum Gasteiger partial charge on any atom is -0.475 e. The molecule has 5 rings (SSSR count). The molecule has 0 saturated heterocycles. The van der Waals surface area contributed by atoms with Gasteiger partial charge in [0.25, 0.3) is 0 Å². The predicted octanol–water partition coefficient (Wildman–Crippen LogP) is 6.69. The molecule has 0 fully saturated rings. The van der Waals surface area contributed by atoms with Crippen molar-refractivity contribution in [1.82, 2.24) is 9.55 Å². The number of rotatable bonds is 7. The molecule has 2 N–H and O–H groups in total. The van der Waals surface area contributed by atoms with Gasteiger partial charge in [0.15, 0.2) is 0 Å². The summed E-state index contributed by atoms with van der Waals surface area (Å²) in [5, 5.41) is 11.2. The lowest BCUT2D eigenvalue weighted by Gasteiger charge is -2.08. The number of para-hydroxylation sites is 1. The number of hydrogen-bond donors (Lipinski definition) is 2. The first-order chi connectivity index (χ1) is 19.2. The van der Waals surface area contributed by atoms with Crippen LogP contribution in [-0.2, 0) is 22.6 Å². The van der Waals surface area contributed by atoms with Gasteiger partial charge < -0.3 is 19.7 Å². The minimum atomic E-state index is -5.08. The summed E-state index contributed by atoms with van der Waals surface area (Å²) in [5.41, 5.74) is 4.09. The molecule has 40 heavy (non-hydrogen) atoms. The maximum atomic E-state index is 12.8. The van der Waals surface area contributed by atoms with E-state index in [4.69, 9.17) is 14.6 Å². The zero-order valence-electron chi connectivity index (χ0n) is 21.0. The van der Waals surface area contributed by atoms with E-state index in [2.05, 4.69) is 45.3 Å². The van der Waals surface area contributed by atoms with Gasteiger partial charge in [-0.1, -0.05) is 48.5 Å². The average Bonchev–Trinajstić information content (AvgIpc) is 3.27. The van der Waals surface area contributed by atoms with Crippen molar-refractivity contribution in [2.45, 2.75) is 19.1 Å². The van der Waals surface area contributed by atoms with Crippen molar-refractivity contribution in [2.24, 2.45) is 0 Å². The molecule has 1 amide bonds. The molecule has 0 spiro atoms.